The zero-order chi connectivity index (χ0) is 12.6. The first-order chi connectivity index (χ1) is 8.57. The van der Waals surface area contributed by atoms with Crippen molar-refractivity contribution in [2.75, 3.05) is 6.54 Å². The Balaban J connectivity index is 1.46. The molecule has 1 aliphatic heterocycles. The Morgan fingerprint density at radius 3 is 2.50 bits per heavy atom. The molecule has 104 valence electrons. The minimum Gasteiger partial charge on any atom is -0.372 e. The van der Waals surface area contributed by atoms with Crippen LogP contribution in [0.4, 0.5) is 0 Å². The molecule has 1 unspecified atom stereocenters. The molecule has 0 aromatic rings. The van der Waals surface area contributed by atoms with E-state index in [-0.39, 0.29) is 0 Å². The number of ether oxygens (including phenoxy) is 1. The van der Waals surface area contributed by atoms with E-state index >= 15 is 0 Å². The summed E-state index contributed by atoms with van der Waals surface area (Å²) in [5, 5.41) is 3.68. The number of hydrogen-bond acceptors (Lipinski definition) is 2. The van der Waals surface area contributed by atoms with Crippen molar-refractivity contribution in [3.8, 4) is 0 Å². The van der Waals surface area contributed by atoms with E-state index in [1.165, 1.54) is 57.8 Å². The number of rotatable bonds is 5. The Bertz CT molecular complexity index is 289. The summed E-state index contributed by atoms with van der Waals surface area (Å²) in [5.41, 5.74) is 0.696. The highest BCUT2D eigenvalue weighted by molar-refractivity contribution is 4.94. The van der Waals surface area contributed by atoms with Gasteiger partial charge in [-0.15, -0.1) is 0 Å². The summed E-state index contributed by atoms with van der Waals surface area (Å²) in [5.74, 6) is 0. The summed E-state index contributed by atoms with van der Waals surface area (Å²) >= 11 is 0. The maximum Gasteiger partial charge on any atom is 0.0687 e. The quantitative estimate of drug-likeness (QED) is 0.805. The van der Waals surface area contributed by atoms with E-state index in [1.54, 1.807) is 0 Å². The van der Waals surface area contributed by atoms with Crippen LogP contribution < -0.4 is 5.32 Å². The van der Waals surface area contributed by atoms with E-state index in [9.17, 15) is 0 Å². The van der Waals surface area contributed by atoms with Gasteiger partial charge in [0.15, 0.2) is 0 Å². The normalized spacial score (nSPS) is 31.3. The SMILES string of the molecule is CC(C)(CNC1CC1)CC1CCC2(CCCC2)O1. The van der Waals surface area contributed by atoms with Gasteiger partial charge in [0.2, 0.25) is 0 Å². The molecule has 1 spiro atoms. The summed E-state index contributed by atoms with van der Waals surface area (Å²) in [4.78, 5) is 0. The lowest BCUT2D eigenvalue weighted by molar-refractivity contribution is -0.0502. The van der Waals surface area contributed by atoms with E-state index in [0.717, 1.165) is 12.6 Å². The second-order valence-electron chi connectivity index (χ2n) is 7.69. The van der Waals surface area contributed by atoms with Crippen LogP contribution in [-0.4, -0.2) is 24.3 Å². The molecule has 2 nitrogen and oxygen atoms in total. The molecule has 0 aromatic carbocycles. The predicted molar refractivity (Wildman–Crippen MR) is 74.7 cm³/mol. The molecule has 2 saturated carbocycles. The molecule has 0 amide bonds. The van der Waals surface area contributed by atoms with Crippen LogP contribution in [0.1, 0.15) is 71.6 Å². The Kier molecular flexibility index (Phi) is 3.44. The summed E-state index contributed by atoms with van der Waals surface area (Å²) in [7, 11) is 0. The molecule has 3 fully saturated rings. The third-order valence-corrected chi connectivity index (χ3v) is 5.08. The van der Waals surface area contributed by atoms with E-state index in [1.807, 2.05) is 0 Å². The average Bonchev–Trinajstić information content (AvgIpc) is 2.93. The van der Waals surface area contributed by atoms with E-state index < -0.39 is 0 Å². The molecule has 3 rings (SSSR count). The molecule has 0 aromatic heterocycles. The molecule has 1 heterocycles. The first-order valence-corrected chi connectivity index (χ1v) is 7.98. The van der Waals surface area contributed by atoms with Gasteiger partial charge in [0.05, 0.1) is 11.7 Å². The zero-order valence-electron chi connectivity index (χ0n) is 12.1. The highest BCUT2D eigenvalue weighted by Gasteiger charge is 2.43. The third kappa shape index (κ3) is 3.08. The van der Waals surface area contributed by atoms with Crippen molar-refractivity contribution in [2.24, 2.45) is 5.41 Å². The fourth-order valence-corrected chi connectivity index (χ4v) is 3.82. The van der Waals surface area contributed by atoms with Crippen molar-refractivity contribution in [3.63, 3.8) is 0 Å². The largest absolute Gasteiger partial charge is 0.372 e. The smallest absolute Gasteiger partial charge is 0.0687 e. The second kappa shape index (κ2) is 4.79. The summed E-state index contributed by atoms with van der Waals surface area (Å²) in [6, 6.07) is 0.829. The monoisotopic (exact) mass is 251 g/mol. The predicted octanol–water partition coefficient (Wildman–Crippen LogP) is 3.65. The van der Waals surface area contributed by atoms with Gasteiger partial charge in [-0.05, 0) is 50.4 Å². The van der Waals surface area contributed by atoms with Crippen molar-refractivity contribution in [2.45, 2.75) is 89.4 Å². The van der Waals surface area contributed by atoms with Crippen LogP contribution in [0.15, 0.2) is 0 Å². The lowest BCUT2D eigenvalue weighted by Crippen LogP contribution is -2.34. The van der Waals surface area contributed by atoms with Gasteiger partial charge in [0.1, 0.15) is 0 Å². The summed E-state index contributed by atoms with van der Waals surface area (Å²) in [6.07, 6.45) is 12.6. The highest BCUT2D eigenvalue weighted by atomic mass is 16.5. The first-order valence-electron chi connectivity index (χ1n) is 7.98. The molecule has 3 aliphatic rings. The molecular formula is C16H29NO. The van der Waals surface area contributed by atoms with Crippen LogP contribution >= 0.6 is 0 Å². The molecule has 1 saturated heterocycles. The fourth-order valence-electron chi connectivity index (χ4n) is 3.82. The Morgan fingerprint density at radius 2 is 1.83 bits per heavy atom. The molecule has 0 bridgehead atoms. The first kappa shape index (κ1) is 12.9. The van der Waals surface area contributed by atoms with Crippen LogP contribution in [0.5, 0.6) is 0 Å². The highest BCUT2D eigenvalue weighted by Crippen LogP contribution is 2.45. The molecule has 18 heavy (non-hydrogen) atoms. The fraction of sp³-hybridized carbons (Fsp3) is 1.00. The van der Waals surface area contributed by atoms with Crippen LogP contribution in [0.25, 0.3) is 0 Å². The molecule has 2 heteroatoms. The number of hydrogen-bond donors (Lipinski definition) is 1. The lowest BCUT2D eigenvalue weighted by Gasteiger charge is -2.30. The van der Waals surface area contributed by atoms with Crippen LogP contribution in [-0.2, 0) is 4.74 Å². The Hall–Kier alpha value is -0.0800. The van der Waals surface area contributed by atoms with Gasteiger partial charge in [0.25, 0.3) is 0 Å². The number of nitrogens with one attached hydrogen (secondary N) is 1. The molecule has 2 aliphatic carbocycles. The van der Waals surface area contributed by atoms with Gasteiger partial charge in [0, 0.05) is 12.6 Å². The van der Waals surface area contributed by atoms with Gasteiger partial charge in [-0.2, -0.15) is 0 Å². The molecule has 1 atom stereocenters. The van der Waals surface area contributed by atoms with Crippen molar-refractivity contribution < 1.29 is 4.74 Å². The van der Waals surface area contributed by atoms with Gasteiger partial charge in [-0.3, -0.25) is 0 Å². The average molecular weight is 251 g/mol. The zero-order valence-corrected chi connectivity index (χ0v) is 12.1. The topological polar surface area (TPSA) is 21.3 Å². The Labute approximate surface area is 112 Å². The van der Waals surface area contributed by atoms with Crippen LogP contribution in [0.3, 0.4) is 0 Å². The van der Waals surface area contributed by atoms with Crippen LogP contribution in [0.2, 0.25) is 0 Å². The van der Waals surface area contributed by atoms with E-state index in [2.05, 4.69) is 19.2 Å². The van der Waals surface area contributed by atoms with E-state index in [4.69, 9.17) is 4.74 Å². The summed E-state index contributed by atoms with van der Waals surface area (Å²) in [6.45, 7) is 5.95. The lowest BCUT2D eigenvalue weighted by atomic mass is 9.85. The standard InChI is InChI=1S/C16H29NO/c1-15(2,12-17-13-5-6-13)11-14-7-10-16(18-14)8-3-4-9-16/h13-14,17H,3-12H2,1-2H3. The maximum atomic E-state index is 6.44. The van der Waals surface area contributed by atoms with Gasteiger partial charge in [-0.1, -0.05) is 26.7 Å². The third-order valence-electron chi connectivity index (χ3n) is 5.08. The van der Waals surface area contributed by atoms with Crippen molar-refractivity contribution >= 4 is 0 Å². The van der Waals surface area contributed by atoms with Crippen LogP contribution in [0, 0.1) is 5.41 Å². The molecular weight excluding hydrogens is 222 g/mol. The van der Waals surface area contributed by atoms with Gasteiger partial charge >= 0.3 is 0 Å². The van der Waals surface area contributed by atoms with Gasteiger partial charge in [-0.25, -0.2) is 0 Å². The van der Waals surface area contributed by atoms with Crippen molar-refractivity contribution in [1.82, 2.24) is 5.32 Å². The minimum absolute atomic E-state index is 0.310. The Morgan fingerprint density at radius 1 is 1.11 bits per heavy atom. The maximum absolute atomic E-state index is 6.44. The van der Waals surface area contributed by atoms with Crippen molar-refractivity contribution in [3.05, 3.63) is 0 Å². The summed E-state index contributed by atoms with van der Waals surface area (Å²) < 4.78 is 6.44. The second-order valence-corrected chi connectivity index (χ2v) is 7.69. The molecule has 1 N–H and O–H groups in total. The van der Waals surface area contributed by atoms with Gasteiger partial charge < -0.3 is 10.1 Å². The van der Waals surface area contributed by atoms with Crippen molar-refractivity contribution in [1.29, 1.82) is 0 Å². The minimum atomic E-state index is 0.310. The van der Waals surface area contributed by atoms with E-state index in [0.29, 0.717) is 17.1 Å². The molecule has 0 radical (unpaired) electrons.